The van der Waals surface area contributed by atoms with Gasteiger partial charge in [0.2, 0.25) is 0 Å². The largest absolute Gasteiger partial charge is 1.00 e. The molecule has 1 aromatic rings. The van der Waals surface area contributed by atoms with Gasteiger partial charge in [-0.15, -0.1) is 4.68 Å². The van der Waals surface area contributed by atoms with E-state index in [1.54, 1.807) is 0 Å². The van der Waals surface area contributed by atoms with Gasteiger partial charge in [-0.05, 0) is 0 Å². The highest BCUT2D eigenvalue weighted by molar-refractivity contribution is 4.72. The van der Waals surface area contributed by atoms with Gasteiger partial charge in [-0.2, -0.15) is 4.68 Å². The smallest absolute Gasteiger partial charge is 0.195 e. The van der Waals surface area contributed by atoms with Crippen molar-refractivity contribution in [1.82, 2.24) is 4.68 Å². The van der Waals surface area contributed by atoms with Crippen molar-refractivity contribution < 1.29 is 21.7 Å². The lowest BCUT2D eigenvalue weighted by Crippen LogP contribution is -3.00. The molecule has 0 radical (unpaired) electrons. The van der Waals surface area contributed by atoms with Crippen molar-refractivity contribution in [3.8, 4) is 0 Å². The zero-order valence-electron chi connectivity index (χ0n) is 5.13. The molecule has 0 spiro atoms. The Labute approximate surface area is 64.9 Å². The number of rotatable bonds is 0. The van der Waals surface area contributed by atoms with Crippen LogP contribution in [0.4, 0.5) is 0 Å². The Kier molecular flexibility index (Phi) is 1.90. The van der Waals surface area contributed by atoms with Crippen LogP contribution >= 0.6 is 0 Å². The average Bonchev–Trinajstić information content (AvgIpc) is 2.15. The number of aryl methyl sites for hydroxylation is 2. The highest BCUT2D eigenvalue weighted by Gasteiger charge is 2.13. The molecule has 0 bridgehead atoms. The van der Waals surface area contributed by atoms with Crippen LogP contribution in [0.1, 0.15) is 6.42 Å². The van der Waals surface area contributed by atoms with Crippen molar-refractivity contribution in [3.05, 3.63) is 18.5 Å². The van der Waals surface area contributed by atoms with Crippen LogP contribution in [0, 0.1) is 0 Å². The first-order valence-electron chi connectivity index (χ1n) is 3.02. The molecule has 1 aliphatic heterocycles. The van der Waals surface area contributed by atoms with Gasteiger partial charge in [0.15, 0.2) is 12.7 Å². The number of hydrogen-bond donors (Lipinski definition) is 0. The van der Waals surface area contributed by atoms with Crippen LogP contribution in [-0.2, 0) is 13.1 Å². The summed E-state index contributed by atoms with van der Waals surface area (Å²) in [6.45, 7) is 2.40. The SMILES string of the molecule is [Br-].c1cn2[n+](c1)CCC2. The lowest BCUT2D eigenvalue weighted by Gasteiger charge is -1.82. The predicted molar refractivity (Wildman–Crippen MR) is 29.2 cm³/mol. The second kappa shape index (κ2) is 2.52. The average molecular weight is 189 g/mol. The van der Waals surface area contributed by atoms with E-state index >= 15 is 0 Å². The molecule has 0 saturated heterocycles. The summed E-state index contributed by atoms with van der Waals surface area (Å²) < 4.78 is 4.47. The number of fused-ring (bicyclic) bond motifs is 1. The van der Waals surface area contributed by atoms with Crippen molar-refractivity contribution in [2.75, 3.05) is 0 Å². The van der Waals surface area contributed by atoms with Gasteiger partial charge in [0.25, 0.3) is 0 Å². The lowest BCUT2D eigenvalue weighted by atomic mass is 10.4. The Hall–Kier alpha value is -0.310. The quantitative estimate of drug-likeness (QED) is 0.389. The third-order valence-electron chi connectivity index (χ3n) is 1.62. The maximum absolute atomic E-state index is 2.24. The Morgan fingerprint density at radius 1 is 1.44 bits per heavy atom. The Morgan fingerprint density at radius 3 is 3.11 bits per heavy atom. The summed E-state index contributed by atoms with van der Waals surface area (Å²) in [4.78, 5) is 0. The summed E-state index contributed by atoms with van der Waals surface area (Å²) in [5.74, 6) is 0. The molecule has 1 aliphatic rings. The topological polar surface area (TPSA) is 8.81 Å². The van der Waals surface area contributed by atoms with E-state index in [-0.39, 0.29) is 17.0 Å². The van der Waals surface area contributed by atoms with Gasteiger partial charge in [0, 0.05) is 12.5 Å². The first kappa shape index (κ1) is 6.81. The summed E-state index contributed by atoms with van der Waals surface area (Å²) in [6.07, 6.45) is 5.54. The van der Waals surface area contributed by atoms with Crippen LogP contribution in [-0.4, -0.2) is 4.68 Å². The van der Waals surface area contributed by atoms with E-state index in [1.807, 2.05) is 0 Å². The molecular weight excluding hydrogens is 180 g/mol. The summed E-state index contributed by atoms with van der Waals surface area (Å²) >= 11 is 0. The maximum atomic E-state index is 2.24. The molecule has 0 aliphatic carbocycles. The molecule has 0 saturated carbocycles. The van der Waals surface area contributed by atoms with E-state index in [4.69, 9.17) is 0 Å². The first-order chi connectivity index (χ1) is 3.97. The molecule has 2 heterocycles. The van der Waals surface area contributed by atoms with E-state index in [0.717, 1.165) is 0 Å². The zero-order valence-corrected chi connectivity index (χ0v) is 6.71. The third kappa shape index (κ3) is 1.01. The molecule has 9 heavy (non-hydrogen) atoms. The van der Waals surface area contributed by atoms with Crippen molar-refractivity contribution in [1.29, 1.82) is 0 Å². The fraction of sp³-hybridized carbons (Fsp3) is 0.500. The number of aromatic nitrogens is 2. The second-order valence-electron chi connectivity index (χ2n) is 2.17. The van der Waals surface area contributed by atoms with E-state index in [9.17, 15) is 0 Å². The van der Waals surface area contributed by atoms with Crippen molar-refractivity contribution in [3.63, 3.8) is 0 Å². The third-order valence-corrected chi connectivity index (χ3v) is 1.62. The van der Waals surface area contributed by atoms with Gasteiger partial charge in [-0.25, -0.2) is 0 Å². The van der Waals surface area contributed by atoms with E-state index in [0.29, 0.717) is 0 Å². The molecule has 0 aromatic carbocycles. The van der Waals surface area contributed by atoms with Crippen molar-refractivity contribution in [2.45, 2.75) is 19.5 Å². The molecular formula is C6H9BrN2. The highest BCUT2D eigenvalue weighted by Crippen LogP contribution is 1.94. The van der Waals surface area contributed by atoms with Crippen LogP contribution in [0.2, 0.25) is 0 Å². The van der Waals surface area contributed by atoms with Crippen molar-refractivity contribution in [2.24, 2.45) is 0 Å². The minimum atomic E-state index is 0. The lowest BCUT2D eigenvalue weighted by molar-refractivity contribution is -0.757. The number of nitrogens with zero attached hydrogens (tertiary/aromatic N) is 2. The molecule has 0 atom stereocenters. The second-order valence-corrected chi connectivity index (χ2v) is 2.17. The zero-order chi connectivity index (χ0) is 5.40. The standard InChI is InChI=1S/C6H9N2.BrH/c1-3-7-5-2-6-8(7)4-1;/h1,3-4H,2,5-6H2;1H/q+1;/p-1. The molecule has 0 N–H and O–H groups in total. The van der Waals surface area contributed by atoms with Gasteiger partial charge in [0.1, 0.15) is 0 Å². The monoisotopic (exact) mass is 188 g/mol. The van der Waals surface area contributed by atoms with Crippen molar-refractivity contribution >= 4 is 0 Å². The van der Waals surface area contributed by atoms with Crippen LogP contribution in [0.25, 0.3) is 0 Å². The predicted octanol–water partition coefficient (Wildman–Crippen LogP) is -2.82. The molecule has 0 unspecified atom stereocenters. The van der Waals surface area contributed by atoms with Gasteiger partial charge >= 0.3 is 0 Å². The van der Waals surface area contributed by atoms with Gasteiger partial charge in [-0.1, -0.05) is 0 Å². The Balaban J connectivity index is 0.000000405. The van der Waals surface area contributed by atoms with Crippen LogP contribution in [0.15, 0.2) is 18.5 Å². The molecule has 1 aromatic heterocycles. The minimum Gasteiger partial charge on any atom is -1.00 e. The van der Waals surface area contributed by atoms with Gasteiger partial charge in [-0.3, -0.25) is 0 Å². The maximum Gasteiger partial charge on any atom is 0.195 e. The van der Waals surface area contributed by atoms with Crippen LogP contribution in [0.5, 0.6) is 0 Å². The van der Waals surface area contributed by atoms with E-state index < -0.39 is 0 Å². The Morgan fingerprint density at radius 2 is 2.33 bits per heavy atom. The van der Waals surface area contributed by atoms with E-state index in [2.05, 4.69) is 27.8 Å². The molecule has 0 amide bonds. The molecule has 3 heteroatoms. The molecule has 50 valence electrons. The van der Waals surface area contributed by atoms with Gasteiger partial charge in [0.05, 0.1) is 12.7 Å². The summed E-state index contributed by atoms with van der Waals surface area (Å²) in [5, 5.41) is 0. The summed E-state index contributed by atoms with van der Waals surface area (Å²) in [7, 11) is 0. The Bertz CT molecular complexity index is 176. The van der Waals surface area contributed by atoms with Crippen LogP contribution < -0.4 is 21.7 Å². The van der Waals surface area contributed by atoms with Gasteiger partial charge < -0.3 is 17.0 Å². The van der Waals surface area contributed by atoms with E-state index in [1.165, 1.54) is 19.5 Å². The number of halogens is 1. The fourth-order valence-electron chi connectivity index (χ4n) is 1.21. The first-order valence-corrected chi connectivity index (χ1v) is 3.02. The summed E-state index contributed by atoms with van der Waals surface area (Å²) in [5.41, 5.74) is 0. The molecule has 0 fully saturated rings. The molecule has 2 rings (SSSR count). The fourth-order valence-corrected chi connectivity index (χ4v) is 1.21. The summed E-state index contributed by atoms with van der Waals surface area (Å²) in [6, 6.07) is 2.08. The molecule has 2 nitrogen and oxygen atoms in total. The highest BCUT2D eigenvalue weighted by atomic mass is 79.9. The van der Waals surface area contributed by atoms with Crippen LogP contribution in [0.3, 0.4) is 0 Å². The normalized spacial score (nSPS) is 14.7. The minimum absolute atomic E-state index is 0. The number of hydrogen-bond acceptors (Lipinski definition) is 0.